The second kappa shape index (κ2) is 10.1. The van der Waals surface area contributed by atoms with Crippen LogP contribution in [0, 0.1) is 6.92 Å². The standard InChI is InChI=1S/C26H33N3O2/c1-20-9-5-6-12-22(20)19-28-17-14-23(15-18-28)27-26(31)25(21-10-3-2-4-11-21)29-16-8-7-13-24(29)30/h2-6,9-12,23,25H,7-8,13-19H2,1H3,(H,27,31). The third-order valence-corrected chi connectivity index (χ3v) is 6.62. The fourth-order valence-electron chi connectivity index (χ4n) is 4.75. The van der Waals surface area contributed by atoms with Crippen molar-refractivity contribution in [3.05, 3.63) is 71.3 Å². The fourth-order valence-corrected chi connectivity index (χ4v) is 4.75. The van der Waals surface area contributed by atoms with Crippen molar-refractivity contribution in [3.63, 3.8) is 0 Å². The van der Waals surface area contributed by atoms with Gasteiger partial charge in [-0.2, -0.15) is 0 Å². The molecule has 0 saturated carbocycles. The number of amides is 2. The number of aryl methyl sites for hydroxylation is 1. The lowest BCUT2D eigenvalue weighted by molar-refractivity contribution is -0.143. The zero-order valence-electron chi connectivity index (χ0n) is 18.4. The second-order valence-corrected chi connectivity index (χ2v) is 8.84. The number of likely N-dealkylation sites (tertiary alicyclic amines) is 2. The largest absolute Gasteiger partial charge is 0.351 e. The Bertz CT molecular complexity index is 891. The molecule has 2 aromatic rings. The van der Waals surface area contributed by atoms with Crippen molar-refractivity contribution in [2.45, 2.75) is 57.7 Å². The molecule has 5 heteroatoms. The molecule has 1 atom stereocenters. The van der Waals surface area contributed by atoms with Crippen LogP contribution in [0.2, 0.25) is 0 Å². The molecule has 2 fully saturated rings. The van der Waals surface area contributed by atoms with Crippen LogP contribution in [0.25, 0.3) is 0 Å². The highest BCUT2D eigenvalue weighted by molar-refractivity contribution is 5.89. The topological polar surface area (TPSA) is 52.7 Å². The number of benzene rings is 2. The lowest BCUT2D eigenvalue weighted by Crippen LogP contribution is -2.50. The summed E-state index contributed by atoms with van der Waals surface area (Å²) in [7, 11) is 0. The van der Waals surface area contributed by atoms with E-state index in [4.69, 9.17) is 0 Å². The second-order valence-electron chi connectivity index (χ2n) is 8.84. The van der Waals surface area contributed by atoms with E-state index in [1.165, 1.54) is 11.1 Å². The smallest absolute Gasteiger partial charge is 0.247 e. The van der Waals surface area contributed by atoms with E-state index in [0.717, 1.165) is 50.9 Å². The van der Waals surface area contributed by atoms with E-state index in [1.54, 1.807) is 4.90 Å². The molecule has 1 unspecified atom stereocenters. The highest BCUT2D eigenvalue weighted by Gasteiger charge is 2.34. The molecule has 0 radical (unpaired) electrons. The Morgan fingerprint density at radius 3 is 2.42 bits per heavy atom. The van der Waals surface area contributed by atoms with Gasteiger partial charge in [-0.25, -0.2) is 0 Å². The van der Waals surface area contributed by atoms with Gasteiger partial charge in [0.05, 0.1) is 0 Å². The van der Waals surface area contributed by atoms with Gasteiger partial charge in [-0.05, 0) is 49.3 Å². The van der Waals surface area contributed by atoms with Gasteiger partial charge >= 0.3 is 0 Å². The molecule has 31 heavy (non-hydrogen) atoms. The minimum atomic E-state index is -0.529. The highest BCUT2D eigenvalue weighted by Crippen LogP contribution is 2.26. The molecule has 0 aromatic heterocycles. The van der Waals surface area contributed by atoms with Crippen molar-refractivity contribution in [1.82, 2.24) is 15.1 Å². The normalized spacial score (nSPS) is 19.3. The van der Waals surface area contributed by atoms with Crippen molar-refractivity contribution >= 4 is 11.8 Å². The first kappa shape index (κ1) is 21.6. The molecular weight excluding hydrogens is 386 g/mol. The van der Waals surface area contributed by atoms with Gasteiger partial charge in [0.25, 0.3) is 0 Å². The first-order chi connectivity index (χ1) is 15.1. The third kappa shape index (κ3) is 5.34. The molecular formula is C26H33N3O2. The van der Waals surface area contributed by atoms with Crippen molar-refractivity contribution in [2.75, 3.05) is 19.6 Å². The number of nitrogens with one attached hydrogen (secondary N) is 1. The fraction of sp³-hybridized carbons (Fsp3) is 0.462. The summed E-state index contributed by atoms with van der Waals surface area (Å²) >= 11 is 0. The van der Waals surface area contributed by atoms with Crippen molar-refractivity contribution in [1.29, 1.82) is 0 Å². The molecule has 2 aromatic carbocycles. The van der Waals surface area contributed by atoms with E-state index < -0.39 is 6.04 Å². The van der Waals surface area contributed by atoms with Crippen LogP contribution < -0.4 is 5.32 Å². The van der Waals surface area contributed by atoms with Crippen LogP contribution in [0.15, 0.2) is 54.6 Å². The molecule has 1 N–H and O–H groups in total. The van der Waals surface area contributed by atoms with E-state index in [2.05, 4.69) is 41.4 Å². The van der Waals surface area contributed by atoms with Crippen LogP contribution in [0.4, 0.5) is 0 Å². The third-order valence-electron chi connectivity index (χ3n) is 6.62. The molecule has 5 nitrogen and oxygen atoms in total. The maximum Gasteiger partial charge on any atom is 0.247 e. The molecule has 0 spiro atoms. The van der Waals surface area contributed by atoms with Gasteiger partial charge in [-0.3, -0.25) is 14.5 Å². The summed E-state index contributed by atoms with van der Waals surface area (Å²) in [6.45, 7) is 5.71. The summed E-state index contributed by atoms with van der Waals surface area (Å²) in [5.41, 5.74) is 3.60. The molecule has 0 aliphatic carbocycles. The molecule has 2 saturated heterocycles. The highest BCUT2D eigenvalue weighted by atomic mass is 16.2. The van der Waals surface area contributed by atoms with E-state index in [9.17, 15) is 9.59 Å². The number of hydrogen-bond donors (Lipinski definition) is 1. The van der Waals surface area contributed by atoms with Gasteiger partial charge in [0, 0.05) is 38.6 Å². The molecule has 2 amide bonds. The van der Waals surface area contributed by atoms with Crippen LogP contribution in [0.3, 0.4) is 0 Å². The maximum atomic E-state index is 13.4. The number of carbonyl (C=O) groups is 2. The molecule has 4 rings (SSSR count). The van der Waals surface area contributed by atoms with Crippen LogP contribution >= 0.6 is 0 Å². The first-order valence-corrected chi connectivity index (χ1v) is 11.5. The maximum absolute atomic E-state index is 13.4. The summed E-state index contributed by atoms with van der Waals surface area (Å²) in [5, 5.41) is 3.27. The predicted molar refractivity (Wildman–Crippen MR) is 122 cm³/mol. The van der Waals surface area contributed by atoms with Gasteiger partial charge in [0.15, 0.2) is 0 Å². The number of hydrogen-bond acceptors (Lipinski definition) is 3. The van der Waals surface area contributed by atoms with Crippen LogP contribution in [-0.2, 0) is 16.1 Å². The summed E-state index contributed by atoms with van der Waals surface area (Å²) in [5.74, 6) is 0.0436. The van der Waals surface area contributed by atoms with Crippen LogP contribution in [0.5, 0.6) is 0 Å². The van der Waals surface area contributed by atoms with E-state index in [-0.39, 0.29) is 17.9 Å². The molecule has 2 heterocycles. The zero-order chi connectivity index (χ0) is 21.6. The Balaban J connectivity index is 1.38. The summed E-state index contributed by atoms with van der Waals surface area (Å²) in [4.78, 5) is 30.2. The van der Waals surface area contributed by atoms with Crippen LogP contribution in [-0.4, -0.2) is 47.3 Å². The minimum Gasteiger partial charge on any atom is -0.351 e. The van der Waals surface area contributed by atoms with E-state index in [1.807, 2.05) is 30.3 Å². The van der Waals surface area contributed by atoms with Gasteiger partial charge in [-0.15, -0.1) is 0 Å². The average molecular weight is 420 g/mol. The first-order valence-electron chi connectivity index (χ1n) is 11.5. The number of carbonyl (C=O) groups excluding carboxylic acids is 2. The Morgan fingerprint density at radius 1 is 1.00 bits per heavy atom. The van der Waals surface area contributed by atoms with Gasteiger partial charge < -0.3 is 10.2 Å². The van der Waals surface area contributed by atoms with Crippen molar-refractivity contribution < 1.29 is 9.59 Å². The summed E-state index contributed by atoms with van der Waals surface area (Å²) < 4.78 is 0. The quantitative estimate of drug-likeness (QED) is 0.774. The molecule has 0 bridgehead atoms. The van der Waals surface area contributed by atoms with Gasteiger partial charge in [-0.1, -0.05) is 54.6 Å². The molecule has 2 aliphatic heterocycles. The number of piperidine rings is 2. The van der Waals surface area contributed by atoms with Gasteiger partial charge in [0.1, 0.15) is 6.04 Å². The molecule has 164 valence electrons. The zero-order valence-corrected chi connectivity index (χ0v) is 18.4. The van der Waals surface area contributed by atoms with E-state index in [0.29, 0.717) is 13.0 Å². The monoisotopic (exact) mass is 419 g/mol. The van der Waals surface area contributed by atoms with Crippen molar-refractivity contribution in [3.8, 4) is 0 Å². The predicted octanol–water partition coefficient (Wildman–Crippen LogP) is 3.83. The summed E-state index contributed by atoms with van der Waals surface area (Å²) in [6, 6.07) is 17.9. The minimum absolute atomic E-state index is 0.0428. The summed E-state index contributed by atoms with van der Waals surface area (Å²) in [6.07, 6.45) is 4.28. The van der Waals surface area contributed by atoms with Gasteiger partial charge in [0.2, 0.25) is 11.8 Å². The Kier molecular flexibility index (Phi) is 7.03. The van der Waals surface area contributed by atoms with E-state index >= 15 is 0 Å². The lowest BCUT2D eigenvalue weighted by atomic mass is 9.98. The lowest BCUT2D eigenvalue weighted by Gasteiger charge is -2.37. The van der Waals surface area contributed by atoms with Crippen molar-refractivity contribution in [2.24, 2.45) is 0 Å². The Morgan fingerprint density at radius 2 is 1.71 bits per heavy atom. The number of nitrogens with zero attached hydrogens (tertiary/aromatic N) is 2. The Labute approximate surface area is 185 Å². The van der Waals surface area contributed by atoms with Crippen LogP contribution in [0.1, 0.15) is 54.8 Å². The number of rotatable bonds is 6. The Hall–Kier alpha value is -2.66. The SMILES string of the molecule is Cc1ccccc1CN1CCC(NC(=O)C(c2ccccc2)N2CCCCC2=O)CC1. The molecule has 2 aliphatic rings. The average Bonchev–Trinajstić information content (AvgIpc) is 2.79.